The number of amides is 1. The molecule has 0 radical (unpaired) electrons. The molecule has 2 atom stereocenters. The van der Waals surface area contributed by atoms with Gasteiger partial charge in [-0.2, -0.15) is 9.78 Å². The number of piperidine rings is 1. The van der Waals surface area contributed by atoms with Crippen LogP contribution in [0.4, 0.5) is 10.3 Å². The summed E-state index contributed by atoms with van der Waals surface area (Å²) in [7, 11) is 1.39. The minimum absolute atomic E-state index is 0.0114. The number of hydrogen-bond donors (Lipinski definition) is 1. The van der Waals surface area contributed by atoms with Crippen molar-refractivity contribution < 1.29 is 13.9 Å². The van der Waals surface area contributed by atoms with Gasteiger partial charge in [-0.1, -0.05) is 0 Å². The fourth-order valence-electron chi connectivity index (χ4n) is 4.76. The highest BCUT2D eigenvalue weighted by Crippen LogP contribution is 2.38. The van der Waals surface area contributed by atoms with Crippen LogP contribution in [0.25, 0.3) is 16.6 Å². The number of nitrogens with two attached hydrogens (primary N) is 1. The number of fused-ring (bicyclic) bond motifs is 3. The van der Waals surface area contributed by atoms with E-state index in [0.717, 1.165) is 12.8 Å². The Balaban J connectivity index is 1.47. The summed E-state index contributed by atoms with van der Waals surface area (Å²) in [4.78, 5) is 23.9. The van der Waals surface area contributed by atoms with Crippen LogP contribution >= 0.6 is 0 Å². The van der Waals surface area contributed by atoms with Gasteiger partial charge in [-0.15, -0.1) is 5.10 Å². The average Bonchev–Trinajstić information content (AvgIpc) is 3.20. The van der Waals surface area contributed by atoms with E-state index < -0.39 is 5.82 Å². The number of halogens is 1. The first kappa shape index (κ1) is 20.4. The van der Waals surface area contributed by atoms with E-state index in [9.17, 15) is 9.18 Å². The molecule has 0 bridgehead atoms. The van der Waals surface area contributed by atoms with Gasteiger partial charge in [0.25, 0.3) is 0 Å². The Kier molecular flexibility index (Phi) is 4.84. The molecule has 1 saturated carbocycles. The lowest BCUT2D eigenvalue weighted by atomic mass is 9.74. The number of carbonyl (C=O) groups excluding carboxylic acids is 1. The van der Waals surface area contributed by atoms with Crippen molar-refractivity contribution in [2.24, 2.45) is 11.8 Å². The van der Waals surface area contributed by atoms with E-state index in [0.29, 0.717) is 41.8 Å². The van der Waals surface area contributed by atoms with Gasteiger partial charge in [-0.3, -0.25) is 4.79 Å². The molecule has 2 fully saturated rings. The number of anilines is 1. The van der Waals surface area contributed by atoms with Crippen LogP contribution in [0.2, 0.25) is 0 Å². The lowest BCUT2D eigenvalue weighted by Crippen LogP contribution is -2.49. The number of aromatic nitrogens is 4. The molecule has 1 aliphatic heterocycles. The summed E-state index contributed by atoms with van der Waals surface area (Å²) in [5, 5.41) is 14.1. The largest absolute Gasteiger partial charge is 0.494 e. The van der Waals surface area contributed by atoms with Gasteiger partial charge in [0.05, 0.1) is 18.7 Å². The second kappa shape index (κ2) is 7.58. The summed E-state index contributed by atoms with van der Waals surface area (Å²) in [6.45, 7) is 2.56. The van der Waals surface area contributed by atoms with E-state index >= 15 is 0 Å². The van der Waals surface area contributed by atoms with Crippen LogP contribution in [-0.4, -0.2) is 50.1 Å². The molecule has 9 nitrogen and oxygen atoms in total. The van der Waals surface area contributed by atoms with Crippen molar-refractivity contribution in [2.45, 2.75) is 44.6 Å². The Labute approximate surface area is 184 Å². The first-order valence-corrected chi connectivity index (χ1v) is 10.8. The van der Waals surface area contributed by atoms with Crippen LogP contribution in [-0.2, 0) is 4.79 Å². The van der Waals surface area contributed by atoms with Crippen molar-refractivity contribution in [3.8, 4) is 11.8 Å². The van der Waals surface area contributed by atoms with Crippen LogP contribution in [0.5, 0.6) is 5.75 Å². The predicted octanol–water partition coefficient (Wildman–Crippen LogP) is 2.65. The Morgan fingerprint density at radius 2 is 2.09 bits per heavy atom. The highest BCUT2D eigenvalue weighted by molar-refractivity contribution is 5.93. The molecule has 10 heteroatoms. The van der Waals surface area contributed by atoms with Gasteiger partial charge >= 0.3 is 0 Å². The summed E-state index contributed by atoms with van der Waals surface area (Å²) in [5.74, 6) is 0.248. The first-order chi connectivity index (χ1) is 15.4. The first-order valence-electron chi connectivity index (χ1n) is 10.8. The van der Waals surface area contributed by atoms with Gasteiger partial charge in [-0.25, -0.2) is 14.4 Å². The van der Waals surface area contributed by atoms with Crippen LogP contribution in [0, 0.1) is 29.0 Å². The number of rotatable bonds is 3. The molecule has 3 heterocycles. The SMILES string of the molecule is COc1cc2nc(N)n3nc([C@@H]4CC[C@H](C)N(C(=O)C5CC(C#N)C5)C4)nc3c2cc1F. The second-order valence-corrected chi connectivity index (χ2v) is 8.79. The fourth-order valence-corrected chi connectivity index (χ4v) is 4.76. The number of nitrogen functional groups attached to an aromatic ring is 1. The molecule has 2 aliphatic rings. The van der Waals surface area contributed by atoms with Crippen LogP contribution in [0.15, 0.2) is 12.1 Å². The minimum atomic E-state index is -0.516. The molecule has 2 N–H and O–H groups in total. The maximum Gasteiger partial charge on any atom is 0.226 e. The number of nitriles is 1. The Hall–Kier alpha value is -3.48. The van der Waals surface area contributed by atoms with Gasteiger partial charge in [0.15, 0.2) is 23.0 Å². The van der Waals surface area contributed by atoms with Crippen LogP contribution in [0.1, 0.15) is 44.3 Å². The number of methoxy groups -OCH3 is 1. The third-order valence-corrected chi connectivity index (χ3v) is 6.79. The topological polar surface area (TPSA) is 122 Å². The molecule has 1 amide bonds. The zero-order chi connectivity index (χ0) is 22.6. The molecule has 0 unspecified atom stereocenters. The van der Waals surface area contributed by atoms with E-state index in [1.165, 1.54) is 23.8 Å². The van der Waals surface area contributed by atoms with E-state index in [1.54, 1.807) is 0 Å². The molecule has 1 aromatic carbocycles. The highest BCUT2D eigenvalue weighted by atomic mass is 19.1. The van der Waals surface area contributed by atoms with Gasteiger partial charge in [0.1, 0.15) is 0 Å². The van der Waals surface area contributed by atoms with Crippen molar-refractivity contribution in [3.63, 3.8) is 0 Å². The number of benzene rings is 1. The maximum atomic E-state index is 14.4. The van der Waals surface area contributed by atoms with Crippen molar-refractivity contribution in [3.05, 3.63) is 23.8 Å². The summed E-state index contributed by atoms with van der Waals surface area (Å²) in [6, 6.07) is 5.19. The maximum absolute atomic E-state index is 14.4. The van der Waals surface area contributed by atoms with Crippen molar-refractivity contribution in [2.75, 3.05) is 19.4 Å². The van der Waals surface area contributed by atoms with E-state index in [-0.39, 0.29) is 41.4 Å². The van der Waals surface area contributed by atoms with E-state index in [1.807, 2.05) is 4.90 Å². The standard InChI is InChI=1S/C22H24FN7O2/c1-11-3-4-13(10-29(11)21(31)14-5-12(6-14)9-24)19-27-20-15-7-16(23)18(32-2)8-17(15)26-22(25)30(20)28-19/h7-8,11-14H,3-6,10H2,1-2H3,(H2,25,26)/t11-,12?,13+,14?/m0/s1. The molecular weight excluding hydrogens is 413 g/mol. The van der Waals surface area contributed by atoms with Crippen molar-refractivity contribution >= 4 is 28.4 Å². The zero-order valence-corrected chi connectivity index (χ0v) is 18.0. The van der Waals surface area contributed by atoms with Gasteiger partial charge in [-0.05, 0) is 38.7 Å². The molecule has 2 aromatic heterocycles. The smallest absolute Gasteiger partial charge is 0.226 e. The number of hydrogen-bond acceptors (Lipinski definition) is 7. The molecule has 5 rings (SSSR count). The molecule has 0 spiro atoms. The molecule has 3 aromatic rings. The summed E-state index contributed by atoms with van der Waals surface area (Å²) < 4.78 is 20.8. The molecule has 1 saturated heterocycles. The number of likely N-dealkylation sites (tertiary alicyclic amines) is 1. The van der Waals surface area contributed by atoms with Gasteiger partial charge < -0.3 is 15.4 Å². The number of carbonyl (C=O) groups is 1. The van der Waals surface area contributed by atoms with Crippen LogP contribution < -0.4 is 10.5 Å². The second-order valence-electron chi connectivity index (χ2n) is 8.79. The summed E-state index contributed by atoms with van der Waals surface area (Å²) in [6.07, 6.45) is 2.94. The Morgan fingerprint density at radius 3 is 2.81 bits per heavy atom. The highest BCUT2D eigenvalue weighted by Gasteiger charge is 2.40. The van der Waals surface area contributed by atoms with Gasteiger partial charge in [0.2, 0.25) is 11.9 Å². The number of nitrogens with zero attached hydrogens (tertiary/aromatic N) is 6. The third-order valence-electron chi connectivity index (χ3n) is 6.79. The monoisotopic (exact) mass is 437 g/mol. The van der Waals surface area contributed by atoms with Crippen molar-refractivity contribution in [1.82, 2.24) is 24.5 Å². The average molecular weight is 437 g/mol. The third kappa shape index (κ3) is 3.20. The molecule has 166 valence electrons. The van der Waals surface area contributed by atoms with E-state index in [2.05, 4.69) is 28.1 Å². The number of ether oxygens (including phenoxy) is 1. The predicted molar refractivity (Wildman–Crippen MR) is 114 cm³/mol. The zero-order valence-electron chi connectivity index (χ0n) is 18.0. The molecule has 1 aliphatic carbocycles. The lowest BCUT2D eigenvalue weighted by molar-refractivity contribution is -0.143. The fraction of sp³-hybridized carbons (Fsp3) is 0.500. The Morgan fingerprint density at radius 1 is 1.31 bits per heavy atom. The lowest BCUT2D eigenvalue weighted by Gasteiger charge is -2.41. The summed E-state index contributed by atoms with van der Waals surface area (Å²) in [5.41, 5.74) is 7.01. The molecule has 32 heavy (non-hydrogen) atoms. The van der Waals surface area contributed by atoms with Crippen LogP contribution in [0.3, 0.4) is 0 Å². The van der Waals surface area contributed by atoms with Gasteiger partial charge in [0, 0.05) is 41.8 Å². The summed E-state index contributed by atoms with van der Waals surface area (Å²) >= 11 is 0. The minimum Gasteiger partial charge on any atom is -0.494 e. The Bertz CT molecular complexity index is 1260. The molecular formula is C22H24FN7O2. The quantitative estimate of drug-likeness (QED) is 0.668. The van der Waals surface area contributed by atoms with Crippen molar-refractivity contribution in [1.29, 1.82) is 5.26 Å². The normalized spacial score (nSPS) is 25.5. The van der Waals surface area contributed by atoms with E-state index in [4.69, 9.17) is 15.7 Å².